The van der Waals surface area contributed by atoms with Crippen molar-refractivity contribution in [2.24, 2.45) is 0 Å². The Labute approximate surface area is 195 Å². The molecule has 1 aliphatic heterocycles. The molecule has 0 fully saturated rings. The van der Waals surface area contributed by atoms with E-state index in [0.717, 1.165) is 22.7 Å². The van der Waals surface area contributed by atoms with E-state index in [4.69, 9.17) is 4.74 Å². The van der Waals surface area contributed by atoms with Crippen molar-refractivity contribution in [2.75, 3.05) is 16.4 Å². The molecule has 0 saturated heterocycles. The molecule has 1 heterocycles. The summed E-state index contributed by atoms with van der Waals surface area (Å²) in [6.45, 7) is 6.45. The number of carbonyl (C=O) groups excluding carboxylic acids is 2. The van der Waals surface area contributed by atoms with Gasteiger partial charge in [0.25, 0.3) is 5.91 Å². The van der Waals surface area contributed by atoms with Gasteiger partial charge < -0.3 is 14.5 Å². The van der Waals surface area contributed by atoms with Gasteiger partial charge in [0.1, 0.15) is 5.75 Å². The average Bonchev–Trinajstić information content (AvgIpc) is 2.85. The van der Waals surface area contributed by atoms with Crippen molar-refractivity contribution in [1.29, 1.82) is 0 Å². The second-order valence-corrected chi connectivity index (χ2v) is 8.24. The van der Waals surface area contributed by atoms with Gasteiger partial charge in [-0.25, -0.2) is 0 Å². The number of carbonyl (C=O) groups is 2. The second kappa shape index (κ2) is 9.90. The number of hydrogen-bond donors (Lipinski definition) is 0. The number of ether oxygens (including phenoxy) is 1. The number of nitrogens with zero attached hydrogens (tertiary/aromatic N) is 2. The van der Waals surface area contributed by atoms with Gasteiger partial charge in [0, 0.05) is 29.4 Å². The first-order valence-corrected chi connectivity index (χ1v) is 11.6. The van der Waals surface area contributed by atoms with Gasteiger partial charge >= 0.3 is 0 Å². The third-order valence-corrected chi connectivity index (χ3v) is 6.11. The Morgan fingerprint density at radius 3 is 2.27 bits per heavy atom. The fourth-order valence-electron chi connectivity index (χ4n) is 4.59. The normalized spacial score (nSPS) is 17.2. The number of fused-ring (bicyclic) bond motifs is 1. The molecular formula is C28H30N2O3. The molecule has 0 N–H and O–H groups in total. The number of para-hydroxylation sites is 2. The number of anilines is 2. The molecule has 0 unspecified atom stereocenters. The molecule has 4 rings (SSSR count). The molecule has 5 nitrogen and oxygen atoms in total. The van der Waals surface area contributed by atoms with Crippen molar-refractivity contribution in [3.63, 3.8) is 0 Å². The predicted molar refractivity (Wildman–Crippen MR) is 132 cm³/mol. The lowest BCUT2D eigenvalue weighted by Gasteiger charge is -2.43. The average molecular weight is 443 g/mol. The standard InChI is InChI=1S/C28H30N2O3/c1-4-27(31)30(22-11-7-6-8-12-22)26-19-20(3)29(25-14-10-9-13-24(25)26)28(32)21-15-17-23(18-16-21)33-5-2/h6-18,20,26H,4-5,19H2,1-3H3/t20-,26+/m0/s1. The van der Waals surface area contributed by atoms with Crippen LogP contribution in [0.1, 0.15) is 55.6 Å². The first kappa shape index (κ1) is 22.6. The van der Waals surface area contributed by atoms with Gasteiger partial charge in [-0.3, -0.25) is 9.59 Å². The minimum atomic E-state index is -0.143. The van der Waals surface area contributed by atoms with Crippen LogP contribution in [0, 0.1) is 0 Å². The molecule has 0 radical (unpaired) electrons. The van der Waals surface area contributed by atoms with E-state index in [1.807, 2.05) is 103 Å². The second-order valence-electron chi connectivity index (χ2n) is 8.24. The summed E-state index contributed by atoms with van der Waals surface area (Å²) >= 11 is 0. The highest BCUT2D eigenvalue weighted by Crippen LogP contribution is 2.42. The zero-order valence-corrected chi connectivity index (χ0v) is 19.4. The van der Waals surface area contributed by atoms with Gasteiger partial charge in [-0.15, -0.1) is 0 Å². The molecule has 2 amide bonds. The van der Waals surface area contributed by atoms with Crippen molar-refractivity contribution in [1.82, 2.24) is 0 Å². The molecule has 0 aromatic heterocycles. The first-order valence-electron chi connectivity index (χ1n) is 11.6. The molecule has 3 aromatic carbocycles. The van der Waals surface area contributed by atoms with Gasteiger partial charge in [-0.1, -0.05) is 43.3 Å². The lowest BCUT2D eigenvalue weighted by Crippen LogP contribution is -2.47. The Hall–Kier alpha value is -3.60. The third-order valence-electron chi connectivity index (χ3n) is 6.11. The minimum Gasteiger partial charge on any atom is -0.494 e. The monoisotopic (exact) mass is 442 g/mol. The van der Waals surface area contributed by atoms with Crippen LogP contribution in [0.4, 0.5) is 11.4 Å². The Kier molecular flexibility index (Phi) is 6.78. The summed E-state index contributed by atoms with van der Waals surface area (Å²) in [6.07, 6.45) is 1.07. The fraction of sp³-hybridized carbons (Fsp3) is 0.286. The van der Waals surface area contributed by atoms with Crippen LogP contribution in [0.2, 0.25) is 0 Å². The molecule has 33 heavy (non-hydrogen) atoms. The van der Waals surface area contributed by atoms with Crippen molar-refractivity contribution < 1.29 is 14.3 Å². The summed E-state index contributed by atoms with van der Waals surface area (Å²) in [4.78, 5) is 30.4. The maximum Gasteiger partial charge on any atom is 0.258 e. The number of rotatable bonds is 6. The van der Waals surface area contributed by atoms with E-state index in [1.54, 1.807) is 0 Å². The Bertz CT molecular complexity index is 1110. The van der Waals surface area contributed by atoms with Gasteiger partial charge in [0.05, 0.1) is 12.6 Å². The quantitative estimate of drug-likeness (QED) is 0.470. The highest BCUT2D eigenvalue weighted by molar-refractivity contribution is 6.07. The van der Waals surface area contributed by atoms with Crippen LogP contribution in [0.25, 0.3) is 0 Å². The zero-order valence-electron chi connectivity index (χ0n) is 19.4. The van der Waals surface area contributed by atoms with Crippen molar-refractivity contribution in [2.45, 2.75) is 45.7 Å². The Morgan fingerprint density at radius 2 is 1.61 bits per heavy atom. The van der Waals surface area contributed by atoms with Gasteiger partial charge in [-0.05, 0) is 68.3 Å². The SMILES string of the molecule is CCOc1ccc(C(=O)N2c3ccccc3[C@H](N(C(=O)CC)c3ccccc3)C[C@@H]2C)cc1. The van der Waals surface area contributed by atoms with E-state index in [0.29, 0.717) is 25.0 Å². The molecule has 3 aromatic rings. The van der Waals surface area contributed by atoms with E-state index >= 15 is 0 Å². The maximum atomic E-state index is 13.6. The van der Waals surface area contributed by atoms with E-state index in [-0.39, 0.29) is 23.9 Å². The molecule has 0 bridgehead atoms. The number of amides is 2. The summed E-state index contributed by atoms with van der Waals surface area (Å²) in [5, 5.41) is 0. The summed E-state index contributed by atoms with van der Waals surface area (Å²) < 4.78 is 5.52. The van der Waals surface area contributed by atoms with Crippen LogP contribution in [-0.2, 0) is 4.79 Å². The number of benzene rings is 3. The van der Waals surface area contributed by atoms with Crippen molar-refractivity contribution in [3.8, 4) is 5.75 Å². The van der Waals surface area contributed by atoms with Gasteiger partial charge in [-0.2, -0.15) is 0 Å². The van der Waals surface area contributed by atoms with Gasteiger partial charge in [0.15, 0.2) is 0 Å². The topological polar surface area (TPSA) is 49.9 Å². The summed E-state index contributed by atoms with van der Waals surface area (Å²) in [7, 11) is 0. The zero-order chi connectivity index (χ0) is 23.4. The van der Waals surface area contributed by atoms with Crippen LogP contribution in [-0.4, -0.2) is 24.5 Å². The largest absolute Gasteiger partial charge is 0.494 e. The van der Waals surface area contributed by atoms with Crippen LogP contribution in [0.3, 0.4) is 0 Å². The van der Waals surface area contributed by atoms with Crippen LogP contribution >= 0.6 is 0 Å². The highest BCUT2D eigenvalue weighted by Gasteiger charge is 2.38. The lowest BCUT2D eigenvalue weighted by atomic mass is 9.89. The predicted octanol–water partition coefficient (Wildman–Crippen LogP) is 6.01. The molecule has 2 atom stereocenters. The molecule has 5 heteroatoms. The Morgan fingerprint density at radius 1 is 0.939 bits per heavy atom. The molecular weight excluding hydrogens is 412 g/mol. The first-order chi connectivity index (χ1) is 16.0. The molecule has 0 spiro atoms. The fourth-order valence-corrected chi connectivity index (χ4v) is 4.59. The molecule has 170 valence electrons. The lowest BCUT2D eigenvalue weighted by molar-refractivity contribution is -0.118. The summed E-state index contributed by atoms with van der Waals surface area (Å²) in [6, 6.07) is 24.8. The molecule has 0 aliphatic carbocycles. The van der Waals surface area contributed by atoms with Gasteiger partial charge in [0.2, 0.25) is 5.91 Å². The van der Waals surface area contributed by atoms with Crippen molar-refractivity contribution in [3.05, 3.63) is 90.0 Å². The molecule has 0 saturated carbocycles. The van der Waals surface area contributed by atoms with Crippen LogP contribution in [0.5, 0.6) is 5.75 Å². The minimum absolute atomic E-state index is 0.0514. The van der Waals surface area contributed by atoms with E-state index in [9.17, 15) is 9.59 Å². The van der Waals surface area contributed by atoms with Crippen molar-refractivity contribution >= 4 is 23.2 Å². The third kappa shape index (κ3) is 4.49. The van der Waals surface area contributed by atoms with E-state index in [1.165, 1.54) is 0 Å². The smallest absolute Gasteiger partial charge is 0.258 e. The maximum absolute atomic E-state index is 13.6. The highest BCUT2D eigenvalue weighted by atomic mass is 16.5. The summed E-state index contributed by atoms with van der Waals surface area (Å²) in [5.74, 6) is 0.766. The van der Waals surface area contributed by atoms with Crippen LogP contribution in [0.15, 0.2) is 78.9 Å². The summed E-state index contributed by atoms with van der Waals surface area (Å²) in [5.41, 5.74) is 3.33. The Balaban J connectivity index is 1.73. The number of hydrogen-bond acceptors (Lipinski definition) is 3. The van der Waals surface area contributed by atoms with Crippen LogP contribution < -0.4 is 14.5 Å². The molecule has 1 aliphatic rings. The van der Waals surface area contributed by atoms with E-state index < -0.39 is 0 Å². The van der Waals surface area contributed by atoms with E-state index in [2.05, 4.69) is 6.92 Å².